The topological polar surface area (TPSA) is 86.9 Å². The van der Waals surface area contributed by atoms with Crippen LogP contribution >= 0.6 is 0 Å². The standard InChI is InChI=1S/C34H38N4O4/c1-37(2)27-15-13-24(14-16-27)33(34(40)36-26-8-4-3-5-9-26)38(21-23-12-17-30-31(18-23)42-22-41-30)32(39)19-25-20-35-29-11-7-6-10-28(25)29/h6-7,10-18,20,26,33,35H,3-5,8-9,19,21-22H2,1-2H3,(H,36,40)/t33-/m0/s1. The largest absolute Gasteiger partial charge is 0.454 e. The van der Waals surface area contributed by atoms with E-state index in [2.05, 4.69) is 10.3 Å². The van der Waals surface area contributed by atoms with E-state index in [0.717, 1.165) is 59.0 Å². The first kappa shape index (κ1) is 27.7. The molecule has 1 aliphatic heterocycles. The molecule has 3 aromatic carbocycles. The SMILES string of the molecule is CN(C)c1ccc([C@@H](C(=O)NC2CCCCC2)N(Cc2ccc3c(c2)OCO3)C(=O)Cc2c[nH]c3ccccc23)cc1. The molecule has 2 heterocycles. The van der Waals surface area contributed by atoms with E-state index in [9.17, 15) is 9.59 Å². The van der Waals surface area contributed by atoms with Gasteiger partial charge in [0.1, 0.15) is 6.04 Å². The Morgan fingerprint density at radius 1 is 0.952 bits per heavy atom. The average Bonchev–Trinajstić information content (AvgIpc) is 3.64. The van der Waals surface area contributed by atoms with Crippen LogP contribution in [0.3, 0.4) is 0 Å². The lowest BCUT2D eigenvalue weighted by atomic mass is 9.94. The maximum Gasteiger partial charge on any atom is 0.247 e. The van der Waals surface area contributed by atoms with Gasteiger partial charge in [0.05, 0.1) is 6.42 Å². The van der Waals surface area contributed by atoms with E-state index in [4.69, 9.17) is 9.47 Å². The molecular formula is C34H38N4O4. The normalized spacial score (nSPS) is 15.4. The molecule has 1 fully saturated rings. The first-order valence-corrected chi connectivity index (χ1v) is 14.8. The van der Waals surface area contributed by atoms with Gasteiger partial charge >= 0.3 is 0 Å². The highest BCUT2D eigenvalue weighted by atomic mass is 16.7. The molecule has 0 spiro atoms. The lowest BCUT2D eigenvalue weighted by Crippen LogP contribution is -2.47. The smallest absolute Gasteiger partial charge is 0.247 e. The van der Waals surface area contributed by atoms with Gasteiger partial charge in [0, 0.05) is 49.5 Å². The van der Waals surface area contributed by atoms with Crippen molar-refractivity contribution in [2.45, 2.75) is 57.2 Å². The number of anilines is 1. The van der Waals surface area contributed by atoms with Gasteiger partial charge in [-0.3, -0.25) is 9.59 Å². The zero-order valence-electron chi connectivity index (χ0n) is 24.3. The second-order valence-corrected chi connectivity index (χ2v) is 11.5. The van der Waals surface area contributed by atoms with Crippen molar-refractivity contribution in [1.82, 2.24) is 15.2 Å². The highest BCUT2D eigenvalue weighted by Gasteiger charge is 2.33. The zero-order valence-corrected chi connectivity index (χ0v) is 24.3. The lowest BCUT2D eigenvalue weighted by molar-refractivity contribution is -0.141. The number of amides is 2. The fourth-order valence-corrected chi connectivity index (χ4v) is 6.06. The highest BCUT2D eigenvalue weighted by molar-refractivity contribution is 5.92. The summed E-state index contributed by atoms with van der Waals surface area (Å²) in [7, 11) is 3.97. The second kappa shape index (κ2) is 12.2. The summed E-state index contributed by atoms with van der Waals surface area (Å²) in [5.41, 5.74) is 4.56. The molecule has 218 valence electrons. The number of carbonyl (C=O) groups excluding carboxylic acids is 2. The molecule has 0 bridgehead atoms. The Balaban J connectivity index is 1.38. The van der Waals surface area contributed by atoms with E-state index in [1.165, 1.54) is 6.42 Å². The number of H-pyrrole nitrogens is 1. The summed E-state index contributed by atoms with van der Waals surface area (Å²) in [5, 5.41) is 4.32. The number of nitrogens with one attached hydrogen (secondary N) is 2. The molecular weight excluding hydrogens is 528 g/mol. The van der Waals surface area contributed by atoms with Gasteiger partial charge < -0.3 is 29.6 Å². The molecule has 0 saturated heterocycles. The quantitative estimate of drug-likeness (QED) is 0.271. The fourth-order valence-electron chi connectivity index (χ4n) is 6.06. The maximum absolute atomic E-state index is 14.3. The third-order valence-corrected chi connectivity index (χ3v) is 8.36. The summed E-state index contributed by atoms with van der Waals surface area (Å²) < 4.78 is 11.1. The molecule has 2 amide bonds. The molecule has 0 unspecified atom stereocenters. The number of hydrogen-bond acceptors (Lipinski definition) is 5. The van der Waals surface area contributed by atoms with Gasteiger partial charge in [-0.2, -0.15) is 0 Å². The van der Waals surface area contributed by atoms with Crippen LogP contribution in [0.25, 0.3) is 10.9 Å². The number of aromatic amines is 1. The third kappa shape index (κ3) is 5.93. The molecule has 1 aromatic heterocycles. The van der Waals surface area contributed by atoms with E-state index < -0.39 is 6.04 Å². The number of aromatic nitrogens is 1. The molecule has 2 N–H and O–H groups in total. The molecule has 1 atom stereocenters. The Kier molecular flexibility index (Phi) is 8.04. The Labute approximate surface area is 246 Å². The fraction of sp³-hybridized carbons (Fsp3) is 0.353. The van der Waals surface area contributed by atoms with Crippen molar-refractivity contribution in [3.05, 3.63) is 89.6 Å². The van der Waals surface area contributed by atoms with Crippen LogP contribution in [-0.2, 0) is 22.6 Å². The van der Waals surface area contributed by atoms with Crippen molar-refractivity contribution in [3.8, 4) is 11.5 Å². The predicted octanol–water partition coefficient (Wildman–Crippen LogP) is 5.72. The summed E-state index contributed by atoms with van der Waals surface area (Å²) in [5.74, 6) is 1.06. The number of rotatable bonds is 9. The van der Waals surface area contributed by atoms with Gasteiger partial charge in [-0.25, -0.2) is 0 Å². The Hall–Kier alpha value is -4.46. The molecule has 42 heavy (non-hydrogen) atoms. The second-order valence-electron chi connectivity index (χ2n) is 11.5. The van der Waals surface area contributed by atoms with Gasteiger partial charge in [-0.1, -0.05) is 55.7 Å². The third-order valence-electron chi connectivity index (χ3n) is 8.36. The Morgan fingerprint density at radius 2 is 1.71 bits per heavy atom. The van der Waals surface area contributed by atoms with E-state index in [0.29, 0.717) is 11.5 Å². The summed E-state index contributed by atoms with van der Waals surface area (Å²) in [6, 6.07) is 20.9. The lowest BCUT2D eigenvalue weighted by Gasteiger charge is -2.34. The minimum atomic E-state index is -0.800. The molecule has 8 nitrogen and oxygen atoms in total. The van der Waals surface area contributed by atoms with Crippen LogP contribution in [0.2, 0.25) is 0 Å². The first-order chi connectivity index (χ1) is 20.5. The van der Waals surface area contributed by atoms with Gasteiger partial charge in [0.2, 0.25) is 18.6 Å². The van der Waals surface area contributed by atoms with Gasteiger partial charge in [0.15, 0.2) is 11.5 Å². The van der Waals surface area contributed by atoms with Crippen LogP contribution in [0, 0.1) is 0 Å². The maximum atomic E-state index is 14.3. The summed E-state index contributed by atoms with van der Waals surface area (Å²) in [4.78, 5) is 35.6. The minimum absolute atomic E-state index is 0.117. The molecule has 8 heteroatoms. The van der Waals surface area contributed by atoms with Crippen molar-refractivity contribution in [2.75, 3.05) is 25.8 Å². The molecule has 1 aliphatic carbocycles. The molecule has 2 aliphatic rings. The minimum Gasteiger partial charge on any atom is -0.454 e. The van der Waals surface area contributed by atoms with Crippen molar-refractivity contribution >= 4 is 28.4 Å². The first-order valence-electron chi connectivity index (χ1n) is 14.8. The number of benzene rings is 3. The predicted molar refractivity (Wildman–Crippen MR) is 164 cm³/mol. The molecule has 0 radical (unpaired) electrons. The van der Waals surface area contributed by atoms with Gasteiger partial charge in [-0.15, -0.1) is 0 Å². The molecule has 6 rings (SSSR count). The summed E-state index contributed by atoms with van der Waals surface area (Å²) in [6.07, 6.45) is 7.39. The van der Waals surface area contributed by atoms with Crippen LogP contribution in [0.15, 0.2) is 72.9 Å². The zero-order chi connectivity index (χ0) is 29.1. The van der Waals surface area contributed by atoms with Crippen LogP contribution in [0.5, 0.6) is 11.5 Å². The number of para-hydroxylation sites is 1. The Morgan fingerprint density at radius 3 is 2.50 bits per heavy atom. The Bertz CT molecular complexity index is 1560. The van der Waals surface area contributed by atoms with Gasteiger partial charge in [-0.05, 0) is 59.9 Å². The van der Waals surface area contributed by atoms with Crippen molar-refractivity contribution in [1.29, 1.82) is 0 Å². The molecule has 4 aromatic rings. The summed E-state index contributed by atoms with van der Waals surface area (Å²) >= 11 is 0. The van der Waals surface area contributed by atoms with Crippen molar-refractivity contribution in [2.24, 2.45) is 0 Å². The van der Waals surface area contributed by atoms with Crippen LogP contribution < -0.4 is 19.7 Å². The van der Waals surface area contributed by atoms with Gasteiger partial charge in [0.25, 0.3) is 0 Å². The number of fused-ring (bicyclic) bond motifs is 2. The monoisotopic (exact) mass is 566 g/mol. The van der Waals surface area contributed by atoms with E-state index in [-0.39, 0.29) is 37.6 Å². The number of hydrogen-bond donors (Lipinski definition) is 2. The number of nitrogens with zero attached hydrogens (tertiary/aromatic N) is 2. The van der Waals surface area contributed by atoms with Crippen LogP contribution in [0.4, 0.5) is 5.69 Å². The highest BCUT2D eigenvalue weighted by Crippen LogP contribution is 2.34. The van der Waals surface area contributed by atoms with E-state index in [1.807, 2.05) is 91.9 Å². The van der Waals surface area contributed by atoms with Crippen LogP contribution in [-0.4, -0.2) is 48.6 Å². The molecule has 1 saturated carbocycles. The number of ether oxygens (including phenoxy) is 2. The van der Waals surface area contributed by atoms with E-state index in [1.54, 1.807) is 4.90 Å². The average molecular weight is 567 g/mol. The van der Waals surface area contributed by atoms with E-state index >= 15 is 0 Å². The van der Waals surface area contributed by atoms with Crippen molar-refractivity contribution < 1.29 is 19.1 Å². The summed E-state index contributed by atoms with van der Waals surface area (Å²) in [6.45, 7) is 0.419. The number of carbonyl (C=O) groups is 2. The van der Waals surface area contributed by atoms with Crippen molar-refractivity contribution in [3.63, 3.8) is 0 Å². The van der Waals surface area contributed by atoms with Crippen LogP contribution in [0.1, 0.15) is 54.8 Å².